The first-order valence-corrected chi connectivity index (χ1v) is 21.2. The first-order valence-electron chi connectivity index (χ1n) is 21.2. The third kappa shape index (κ3) is 14.2. The predicted molar refractivity (Wildman–Crippen MR) is 221 cm³/mol. The minimum absolute atomic E-state index is 0.0461. The molecular weight excluding hydrogens is 908 g/mol. The van der Waals surface area contributed by atoms with Crippen molar-refractivity contribution in [2.75, 3.05) is 19.8 Å². The number of carbonyl (C=O) groups is 8. The monoisotopic (exact) mass is 962 g/mol. The van der Waals surface area contributed by atoms with Gasteiger partial charge in [-0.15, -0.1) is 0 Å². The maximum Gasteiger partial charge on any atom is 0.338 e. The zero-order chi connectivity index (χ0) is 50.0. The summed E-state index contributed by atoms with van der Waals surface area (Å²) in [5.41, 5.74) is 1.73. The van der Waals surface area contributed by atoms with Gasteiger partial charge in [0, 0.05) is 41.5 Å². The van der Waals surface area contributed by atoms with Crippen LogP contribution in [-0.4, -0.2) is 164 Å². The molecule has 23 nitrogen and oxygen atoms in total. The molecule has 5 rings (SSSR count). The summed E-state index contributed by atoms with van der Waals surface area (Å²) in [5, 5.41) is 22.8. The topological polar surface area (TPSA) is 297 Å². The SMILES string of the molecule is CC(=O)OC[C@H]1O[C@@H](O[C@H]2[C@@H](OC(C)=O)[C@@H](COC(C)=O)O[C@@H](O[C@@H]3CO[C@@H](O)[C@H](OC(=O)c4ccc(C)cc4)[C@H]3OC(=O)c3ccc(C)cc3)[C@@H]2OC(C)=O)[C@H](OC(C)=O)[C@@H](O)[C@H]1OC(C)=O. The Morgan fingerprint density at radius 1 is 0.485 bits per heavy atom. The molecule has 3 heterocycles. The molecule has 372 valence electrons. The lowest BCUT2D eigenvalue weighted by molar-refractivity contribution is -0.373. The Morgan fingerprint density at radius 2 is 0.897 bits per heavy atom. The summed E-state index contributed by atoms with van der Waals surface area (Å²) in [6, 6.07) is 12.4. The van der Waals surface area contributed by atoms with Crippen molar-refractivity contribution in [1.82, 2.24) is 0 Å². The van der Waals surface area contributed by atoms with Crippen molar-refractivity contribution in [3.05, 3.63) is 70.8 Å². The molecule has 3 aliphatic rings. The van der Waals surface area contributed by atoms with Crippen LogP contribution >= 0.6 is 0 Å². The quantitative estimate of drug-likeness (QED) is 0.174. The van der Waals surface area contributed by atoms with E-state index in [1.165, 1.54) is 24.3 Å². The molecule has 0 saturated carbocycles. The number of ether oxygens (including phenoxy) is 13. The van der Waals surface area contributed by atoms with Gasteiger partial charge in [-0.3, -0.25) is 28.8 Å². The highest BCUT2D eigenvalue weighted by molar-refractivity contribution is 5.90. The molecular formula is C45H54O23. The van der Waals surface area contributed by atoms with Crippen LogP contribution in [0.25, 0.3) is 0 Å². The van der Waals surface area contributed by atoms with Crippen molar-refractivity contribution < 1.29 is 110 Å². The number of hydrogen-bond donors (Lipinski definition) is 2. The lowest BCUT2D eigenvalue weighted by Crippen LogP contribution is -2.68. The minimum Gasteiger partial charge on any atom is -0.463 e. The van der Waals surface area contributed by atoms with E-state index in [9.17, 15) is 48.6 Å². The Morgan fingerprint density at radius 3 is 1.37 bits per heavy atom. The Bertz CT molecular complexity index is 2120. The van der Waals surface area contributed by atoms with Gasteiger partial charge >= 0.3 is 47.8 Å². The number of benzene rings is 2. The highest BCUT2D eigenvalue weighted by Crippen LogP contribution is 2.36. The Kier molecular flexibility index (Phi) is 18.5. The second kappa shape index (κ2) is 23.8. The van der Waals surface area contributed by atoms with Crippen molar-refractivity contribution in [2.24, 2.45) is 0 Å². The molecule has 3 aliphatic heterocycles. The average molecular weight is 963 g/mol. The van der Waals surface area contributed by atoms with E-state index in [1.807, 2.05) is 0 Å². The van der Waals surface area contributed by atoms with Crippen LogP contribution in [0.5, 0.6) is 0 Å². The summed E-state index contributed by atoms with van der Waals surface area (Å²) in [4.78, 5) is 102. The number of aliphatic hydroxyl groups is 2. The maximum absolute atomic E-state index is 13.8. The molecule has 23 heteroatoms. The maximum atomic E-state index is 13.8. The fraction of sp³-hybridized carbons (Fsp3) is 0.556. The van der Waals surface area contributed by atoms with Crippen molar-refractivity contribution in [3.63, 3.8) is 0 Å². The molecule has 0 spiro atoms. The molecule has 2 aromatic rings. The highest BCUT2D eigenvalue weighted by Gasteiger charge is 2.58. The number of aliphatic hydroxyl groups excluding tert-OH is 2. The Balaban J connectivity index is 1.60. The number of esters is 8. The predicted octanol–water partition coefficient (Wildman–Crippen LogP) is 0.837. The second-order valence-corrected chi connectivity index (χ2v) is 15.9. The van der Waals surface area contributed by atoms with Crippen LogP contribution in [0.1, 0.15) is 73.4 Å². The normalized spacial score (nSPS) is 30.1. The van der Waals surface area contributed by atoms with Crippen LogP contribution in [0.3, 0.4) is 0 Å². The number of aryl methyl sites for hydroxylation is 2. The van der Waals surface area contributed by atoms with Crippen LogP contribution in [0, 0.1) is 13.8 Å². The van der Waals surface area contributed by atoms with E-state index in [0.29, 0.717) is 0 Å². The van der Waals surface area contributed by atoms with Gasteiger partial charge in [-0.05, 0) is 38.1 Å². The third-order valence-corrected chi connectivity index (χ3v) is 10.4. The summed E-state index contributed by atoms with van der Waals surface area (Å²) < 4.78 is 74.7. The molecule has 68 heavy (non-hydrogen) atoms. The highest BCUT2D eigenvalue weighted by atomic mass is 16.8. The smallest absolute Gasteiger partial charge is 0.338 e. The molecule has 0 amide bonds. The molecule has 0 unspecified atom stereocenters. The van der Waals surface area contributed by atoms with E-state index in [4.69, 9.17) is 61.6 Å². The van der Waals surface area contributed by atoms with Crippen LogP contribution in [0.15, 0.2) is 48.5 Å². The van der Waals surface area contributed by atoms with E-state index in [-0.39, 0.29) is 11.1 Å². The van der Waals surface area contributed by atoms with Crippen LogP contribution in [0.2, 0.25) is 0 Å². The third-order valence-electron chi connectivity index (χ3n) is 10.4. The molecule has 2 N–H and O–H groups in total. The summed E-state index contributed by atoms with van der Waals surface area (Å²) in [6.45, 7) is 7.71. The van der Waals surface area contributed by atoms with Gasteiger partial charge in [0.05, 0.1) is 17.7 Å². The minimum atomic E-state index is -1.97. The fourth-order valence-corrected chi connectivity index (χ4v) is 7.35. The first kappa shape index (κ1) is 52.9. The van der Waals surface area contributed by atoms with Crippen molar-refractivity contribution in [2.45, 2.75) is 141 Å². The molecule has 0 radical (unpaired) electrons. The summed E-state index contributed by atoms with van der Waals surface area (Å²) in [6.07, 6.45) is -25.1. The Hall–Kier alpha value is -6.08. The molecule has 2 aromatic carbocycles. The summed E-state index contributed by atoms with van der Waals surface area (Å²) in [7, 11) is 0. The van der Waals surface area contributed by atoms with Crippen molar-refractivity contribution in [1.29, 1.82) is 0 Å². The molecule has 14 atom stereocenters. The van der Waals surface area contributed by atoms with Crippen LogP contribution in [-0.2, 0) is 90.3 Å². The zero-order valence-electron chi connectivity index (χ0n) is 38.3. The van der Waals surface area contributed by atoms with E-state index in [2.05, 4.69) is 0 Å². The summed E-state index contributed by atoms with van der Waals surface area (Å²) >= 11 is 0. The van der Waals surface area contributed by atoms with Crippen LogP contribution in [0.4, 0.5) is 0 Å². The van der Waals surface area contributed by atoms with Gasteiger partial charge in [-0.2, -0.15) is 0 Å². The van der Waals surface area contributed by atoms with E-state index >= 15 is 0 Å². The van der Waals surface area contributed by atoms with E-state index < -0.39 is 154 Å². The van der Waals surface area contributed by atoms with Gasteiger partial charge in [0.2, 0.25) is 0 Å². The summed E-state index contributed by atoms with van der Waals surface area (Å²) in [5.74, 6) is -7.46. The number of carbonyl (C=O) groups excluding carboxylic acids is 8. The van der Waals surface area contributed by atoms with Gasteiger partial charge in [0.1, 0.15) is 43.7 Å². The molecule has 0 bridgehead atoms. The van der Waals surface area contributed by atoms with E-state index in [0.717, 1.165) is 52.7 Å². The molecule has 3 fully saturated rings. The standard InChI is InChI=1S/C45H54O23/c1-20-9-13-28(14-10-20)41(53)66-36-32(19-58-43(55)39(36)67-42(54)29-15-11-21(2)12-16-29)65-45-40(62-27(8)51)38(35(60-25(6)49)31(64-45)18-57-23(4)47)68-44-37(61-26(7)50)33(52)34(59-24(5)48)30(63-44)17-56-22(3)46/h9-16,30-40,43-45,52,55H,17-19H2,1-8H3/t30-,31-,32-,33+,34+,35+,36+,37-,38+,39-,40-,43-,44+,45+/m1/s1. The van der Waals surface area contributed by atoms with Gasteiger partial charge in [0.25, 0.3) is 0 Å². The lowest BCUT2D eigenvalue weighted by atomic mass is 9.96. The van der Waals surface area contributed by atoms with Crippen LogP contribution < -0.4 is 0 Å². The van der Waals surface area contributed by atoms with Gasteiger partial charge in [0.15, 0.2) is 55.5 Å². The van der Waals surface area contributed by atoms with Gasteiger partial charge in [-0.25, -0.2) is 9.59 Å². The average Bonchev–Trinajstić information content (AvgIpc) is 3.25. The second-order valence-electron chi connectivity index (χ2n) is 15.9. The number of hydrogen-bond acceptors (Lipinski definition) is 23. The zero-order valence-corrected chi connectivity index (χ0v) is 38.3. The van der Waals surface area contributed by atoms with Gasteiger partial charge in [-0.1, -0.05) is 35.4 Å². The lowest BCUT2D eigenvalue weighted by Gasteiger charge is -2.49. The van der Waals surface area contributed by atoms with Crippen molar-refractivity contribution in [3.8, 4) is 0 Å². The molecule has 0 aliphatic carbocycles. The van der Waals surface area contributed by atoms with Crippen molar-refractivity contribution >= 4 is 47.8 Å². The molecule has 0 aromatic heterocycles. The molecule has 3 saturated heterocycles. The largest absolute Gasteiger partial charge is 0.463 e. The fourth-order valence-electron chi connectivity index (χ4n) is 7.35. The number of rotatable bonds is 16. The Labute approximate surface area is 389 Å². The first-order chi connectivity index (χ1) is 32.1. The van der Waals surface area contributed by atoms with Gasteiger partial charge < -0.3 is 71.8 Å². The van der Waals surface area contributed by atoms with E-state index in [1.54, 1.807) is 38.1 Å².